The summed E-state index contributed by atoms with van der Waals surface area (Å²) >= 11 is 0. The van der Waals surface area contributed by atoms with Crippen molar-refractivity contribution < 1.29 is 14.3 Å². The standard InChI is InChI=1S/C12H14O3/c1-14-8-15-11-4-2-9(3-5-11)12-6-10(12)7-13/h2-5,7,10,12H,6,8H2,1H3/t10-,12+/m1/s1. The van der Waals surface area contributed by atoms with Crippen molar-refractivity contribution in [2.24, 2.45) is 5.92 Å². The topological polar surface area (TPSA) is 35.5 Å². The maximum Gasteiger partial charge on any atom is 0.188 e. The van der Waals surface area contributed by atoms with Crippen LogP contribution in [0.4, 0.5) is 0 Å². The molecule has 80 valence electrons. The molecule has 0 radical (unpaired) electrons. The van der Waals surface area contributed by atoms with Crippen LogP contribution in [0.3, 0.4) is 0 Å². The van der Waals surface area contributed by atoms with E-state index in [1.807, 2.05) is 24.3 Å². The number of hydrogen-bond donors (Lipinski definition) is 0. The van der Waals surface area contributed by atoms with Gasteiger partial charge >= 0.3 is 0 Å². The Bertz CT molecular complexity index is 331. The molecule has 1 aromatic rings. The Kier molecular flexibility index (Phi) is 3.02. The van der Waals surface area contributed by atoms with Gasteiger partial charge in [-0.15, -0.1) is 0 Å². The fourth-order valence-electron chi connectivity index (χ4n) is 1.69. The number of rotatable bonds is 5. The smallest absolute Gasteiger partial charge is 0.188 e. The van der Waals surface area contributed by atoms with Crippen LogP contribution < -0.4 is 4.74 Å². The highest BCUT2D eigenvalue weighted by molar-refractivity contribution is 5.61. The van der Waals surface area contributed by atoms with Crippen LogP contribution in [0, 0.1) is 5.92 Å². The molecular formula is C12H14O3. The zero-order valence-corrected chi connectivity index (χ0v) is 8.68. The van der Waals surface area contributed by atoms with Gasteiger partial charge in [0.25, 0.3) is 0 Å². The summed E-state index contributed by atoms with van der Waals surface area (Å²) in [4.78, 5) is 10.5. The molecule has 0 aromatic heterocycles. The minimum atomic E-state index is 0.232. The average molecular weight is 206 g/mol. The molecule has 1 aromatic carbocycles. The van der Waals surface area contributed by atoms with Gasteiger partial charge in [-0.1, -0.05) is 12.1 Å². The molecule has 2 atom stereocenters. The van der Waals surface area contributed by atoms with Gasteiger partial charge in [0.15, 0.2) is 6.79 Å². The van der Waals surface area contributed by atoms with Gasteiger partial charge in [0.1, 0.15) is 12.0 Å². The highest BCUT2D eigenvalue weighted by Gasteiger charge is 2.37. The Morgan fingerprint density at radius 2 is 2.13 bits per heavy atom. The summed E-state index contributed by atoms with van der Waals surface area (Å²) in [6.07, 6.45) is 2.03. The quantitative estimate of drug-likeness (QED) is 0.545. The zero-order chi connectivity index (χ0) is 10.7. The van der Waals surface area contributed by atoms with Crippen LogP contribution in [-0.2, 0) is 9.53 Å². The third kappa shape index (κ3) is 2.36. The monoisotopic (exact) mass is 206 g/mol. The van der Waals surface area contributed by atoms with Crippen LogP contribution >= 0.6 is 0 Å². The molecule has 1 aliphatic carbocycles. The van der Waals surface area contributed by atoms with Crippen LogP contribution in [0.25, 0.3) is 0 Å². The maximum atomic E-state index is 10.5. The first-order valence-electron chi connectivity index (χ1n) is 5.02. The van der Waals surface area contributed by atoms with Gasteiger partial charge in [0.05, 0.1) is 0 Å². The Morgan fingerprint density at radius 1 is 1.40 bits per heavy atom. The van der Waals surface area contributed by atoms with Gasteiger partial charge in [-0.25, -0.2) is 0 Å². The first-order valence-corrected chi connectivity index (χ1v) is 5.02. The summed E-state index contributed by atoms with van der Waals surface area (Å²) in [5, 5.41) is 0. The highest BCUT2D eigenvalue weighted by atomic mass is 16.7. The lowest BCUT2D eigenvalue weighted by Gasteiger charge is -2.05. The molecule has 0 N–H and O–H groups in total. The first-order chi connectivity index (χ1) is 7.35. The molecule has 3 nitrogen and oxygen atoms in total. The van der Waals surface area contributed by atoms with Crippen LogP contribution in [0.5, 0.6) is 5.75 Å². The molecule has 0 heterocycles. The first kappa shape index (κ1) is 10.2. The summed E-state index contributed by atoms with van der Waals surface area (Å²) in [7, 11) is 1.59. The summed E-state index contributed by atoms with van der Waals surface area (Å²) < 4.78 is 10.1. The minimum absolute atomic E-state index is 0.232. The number of aldehydes is 1. The average Bonchev–Trinajstić information content (AvgIpc) is 3.06. The second-order valence-electron chi connectivity index (χ2n) is 3.76. The number of carbonyl (C=O) groups excluding carboxylic acids is 1. The molecule has 0 spiro atoms. The summed E-state index contributed by atoms with van der Waals surface area (Å²) in [6, 6.07) is 7.85. The van der Waals surface area contributed by atoms with E-state index in [1.54, 1.807) is 7.11 Å². The molecular weight excluding hydrogens is 192 g/mol. The van der Waals surface area contributed by atoms with E-state index in [0.717, 1.165) is 18.5 Å². The van der Waals surface area contributed by atoms with Crippen molar-refractivity contribution >= 4 is 6.29 Å². The largest absolute Gasteiger partial charge is 0.468 e. The van der Waals surface area contributed by atoms with Gasteiger partial charge in [-0.05, 0) is 30.0 Å². The predicted molar refractivity (Wildman–Crippen MR) is 55.9 cm³/mol. The van der Waals surface area contributed by atoms with Crippen LogP contribution in [0.1, 0.15) is 17.9 Å². The van der Waals surface area contributed by atoms with E-state index in [9.17, 15) is 4.79 Å². The van der Waals surface area contributed by atoms with Crippen molar-refractivity contribution in [3.63, 3.8) is 0 Å². The molecule has 1 fully saturated rings. The molecule has 3 heteroatoms. The molecule has 0 aliphatic heterocycles. The van der Waals surface area contributed by atoms with Gasteiger partial charge in [0.2, 0.25) is 0 Å². The molecule has 0 unspecified atom stereocenters. The third-order valence-electron chi connectivity index (χ3n) is 2.67. The summed E-state index contributed by atoms with van der Waals surface area (Å²) in [5.74, 6) is 1.46. The van der Waals surface area contributed by atoms with Crippen molar-refractivity contribution in [2.45, 2.75) is 12.3 Å². The lowest BCUT2D eigenvalue weighted by molar-refractivity contribution is -0.108. The summed E-state index contributed by atoms with van der Waals surface area (Å²) in [5.41, 5.74) is 1.22. The van der Waals surface area contributed by atoms with Crippen molar-refractivity contribution in [2.75, 3.05) is 13.9 Å². The SMILES string of the molecule is COCOc1ccc([C@@H]2C[C@@H]2C=O)cc1. The fraction of sp³-hybridized carbons (Fsp3) is 0.417. The predicted octanol–water partition coefficient (Wildman–Crippen LogP) is 1.97. The maximum absolute atomic E-state index is 10.5. The minimum Gasteiger partial charge on any atom is -0.468 e. The van der Waals surface area contributed by atoms with Crippen LogP contribution in [0.15, 0.2) is 24.3 Å². The number of hydrogen-bond acceptors (Lipinski definition) is 3. The van der Waals surface area contributed by atoms with E-state index < -0.39 is 0 Å². The van der Waals surface area contributed by atoms with Crippen molar-refractivity contribution in [3.05, 3.63) is 29.8 Å². The van der Waals surface area contributed by atoms with E-state index >= 15 is 0 Å². The number of carbonyl (C=O) groups is 1. The van der Waals surface area contributed by atoms with Crippen LogP contribution in [0.2, 0.25) is 0 Å². The van der Waals surface area contributed by atoms with Gasteiger partial charge in [-0.2, -0.15) is 0 Å². The Labute approximate surface area is 89.0 Å². The number of benzene rings is 1. The van der Waals surface area contributed by atoms with Gasteiger partial charge < -0.3 is 14.3 Å². The van der Waals surface area contributed by atoms with E-state index in [-0.39, 0.29) is 12.7 Å². The van der Waals surface area contributed by atoms with E-state index in [2.05, 4.69) is 0 Å². The summed E-state index contributed by atoms with van der Waals surface area (Å²) in [6.45, 7) is 0.264. The molecule has 1 saturated carbocycles. The molecule has 1 aliphatic rings. The Morgan fingerprint density at radius 3 is 2.67 bits per heavy atom. The number of methoxy groups -OCH3 is 1. The molecule has 0 amide bonds. The second kappa shape index (κ2) is 4.45. The van der Waals surface area contributed by atoms with E-state index in [1.165, 1.54) is 5.56 Å². The van der Waals surface area contributed by atoms with Crippen molar-refractivity contribution in [1.29, 1.82) is 0 Å². The van der Waals surface area contributed by atoms with E-state index in [0.29, 0.717) is 5.92 Å². The second-order valence-corrected chi connectivity index (χ2v) is 3.76. The zero-order valence-electron chi connectivity index (χ0n) is 8.68. The fourth-order valence-corrected chi connectivity index (χ4v) is 1.69. The molecule has 2 rings (SSSR count). The normalized spacial score (nSPS) is 23.5. The number of ether oxygens (including phenoxy) is 2. The Hall–Kier alpha value is -1.35. The lowest BCUT2D eigenvalue weighted by atomic mass is 10.1. The van der Waals surface area contributed by atoms with Gasteiger partial charge in [-0.3, -0.25) is 0 Å². The van der Waals surface area contributed by atoms with Crippen LogP contribution in [-0.4, -0.2) is 20.2 Å². The third-order valence-corrected chi connectivity index (χ3v) is 2.67. The van der Waals surface area contributed by atoms with E-state index in [4.69, 9.17) is 9.47 Å². The van der Waals surface area contributed by atoms with Crippen molar-refractivity contribution in [3.8, 4) is 5.75 Å². The lowest BCUT2D eigenvalue weighted by Crippen LogP contribution is -1.98. The molecule has 0 saturated heterocycles. The molecule has 0 bridgehead atoms. The van der Waals surface area contributed by atoms with Gasteiger partial charge in [0, 0.05) is 13.0 Å². The van der Waals surface area contributed by atoms with Crippen molar-refractivity contribution in [1.82, 2.24) is 0 Å². The molecule has 15 heavy (non-hydrogen) atoms. The highest BCUT2D eigenvalue weighted by Crippen LogP contribution is 2.46. The Balaban J connectivity index is 1.95.